The SMILES string of the molecule is C#C[C@@H]1CN(C[C@@H](C)c2ccc(C)c(F)c2)CCN1C(=O)C=C. The van der Waals surface area contributed by atoms with Gasteiger partial charge in [0.25, 0.3) is 0 Å². The summed E-state index contributed by atoms with van der Waals surface area (Å²) in [6.07, 6.45) is 6.88. The van der Waals surface area contributed by atoms with Crippen molar-refractivity contribution in [2.45, 2.75) is 25.8 Å². The first kappa shape index (κ1) is 17.2. The summed E-state index contributed by atoms with van der Waals surface area (Å²) in [5.41, 5.74) is 1.64. The van der Waals surface area contributed by atoms with E-state index < -0.39 is 0 Å². The lowest BCUT2D eigenvalue weighted by molar-refractivity contribution is -0.129. The number of benzene rings is 1. The molecule has 0 aromatic heterocycles. The molecule has 1 amide bonds. The molecular weight excluding hydrogens is 291 g/mol. The molecule has 1 aromatic rings. The summed E-state index contributed by atoms with van der Waals surface area (Å²) in [6, 6.07) is 5.15. The van der Waals surface area contributed by atoms with E-state index in [1.807, 2.05) is 12.1 Å². The van der Waals surface area contributed by atoms with Crippen molar-refractivity contribution in [3.05, 3.63) is 47.8 Å². The Kier molecular flexibility index (Phi) is 5.57. The van der Waals surface area contributed by atoms with Gasteiger partial charge in [-0.2, -0.15) is 0 Å². The average molecular weight is 314 g/mol. The monoisotopic (exact) mass is 314 g/mol. The molecule has 3 nitrogen and oxygen atoms in total. The van der Waals surface area contributed by atoms with Crippen molar-refractivity contribution >= 4 is 5.91 Å². The molecule has 0 aliphatic carbocycles. The predicted molar refractivity (Wildman–Crippen MR) is 90.5 cm³/mol. The number of piperazine rings is 1. The van der Waals surface area contributed by atoms with Gasteiger partial charge >= 0.3 is 0 Å². The molecule has 4 heteroatoms. The maximum Gasteiger partial charge on any atom is 0.247 e. The fourth-order valence-corrected chi connectivity index (χ4v) is 2.94. The van der Waals surface area contributed by atoms with Crippen molar-refractivity contribution in [1.29, 1.82) is 0 Å². The van der Waals surface area contributed by atoms with E-state index in [0.29, 0.717) is 18.7 Å². The molecule has 1 aliphatic heterocycles. The quantitative estimate of drug-likeness (QED) is 0.630. The van der Waals surface area contributed by atoms with E-state index in [4.69, 9.17) is 6.42 Å². The zero-order valence-electron chi connectivity index (χ0n) is 13.8. The number of hydrogen-bond acceptors (Lipinski definition) is 2. The number of carbonyl (C=O) groups is 1. The molecule has 0 bridgehead atoms. The van der Waals surface area contributed by atoms with E-state index in [-0.39, 0.29) is 23.7 Å². The van der Waals surface area contributed by atoms with Crippen LogP contribution in [0.25, 0.3) is 0 Å². The zero-order chi connectivity index (χ0) is 17.0. The van der Waals surface area contributed by atoms with E-state index in [2.05, 4.69) is 24.3 Å². The Balaban J connectivity index is 2.01. The Morgan fingerprint density at radius 1 is 1.57 bits per heavy atom. The minimum Gasteiger partial charge on any atom is -0.323 e. The molecule has 1 saturated heterocycles. The van der Waals surface area contributed by atoms with E-state index in [0.717, 1.165) is 18.7 Å². The van der Waals surface area contributed by atoms with Gasteiger partial charge in [-0.3, -0.25) is 9.69 Å². The van der Waals surface area contributed by atoms with Gasteiger partial charge in [-0.1, -0.05) is 31.6 Å². The standard InChI is InChI=1S/C19H23FN2O/c1-5-17-13-21(9-10-22(17)19(23)6-2)12-15(4)16-8-7-14(3)18(20)11-16/h1,6-8,11,15,17H,2,9-10,12-13H2,3-4H3/t15-,17-/m1/s1. The summed E-state index contributed by atoms with van der Waals surface area (Å²) >= 11 is 0. The maximum atomic E-state index is 13.7. The van der Waals surface area contributed by atoms with E-state index in [1.54, 1.807) is 17.9 Å². The van der Waals surface area contributed by atoms with Crippen molar-refractivity contribution in [3.8, 4) is 12.3 Å². The molecule has 2 rings (SSSR count). The second kappa shape index (κ2) is 7.43. The van der Waals surface area contributed by atoms with Gasteiger partial charge in [0.15, 0.2) is 0 Å². The van der Waals surface area contributed by atoms with Crippen LogP contribution in [0.5, 0.6) is 0 Å². The summed E-state index contributed by atoms with van der Waals surface area (Å²) in [4.78, 5) is 15.7. The normalized spacial score (nSPS) is 19.9. The second-order valence-electron chi connectivity index (χ2n) is 6.09. The molecule has 1 aromatic carbocycles. The highest BCUT2D eigenvalue weighted by atomic mass is 19.1. The van der Waals surface area contributed by atoms with Gasteiger partial charge in [-0.25, -0.2) is 4.39 Å². The molecular formula is C19H23FN2O. The molecule has 1 aliphatic rings. The first-order valence-electron chi connectivity index (χ1n) is 7.83. The lowest BCUT2D eigenvalue weighted by Gasteiger charge is -2.39. The molecule has 0 radical (unpaired) electrons. The summed E-state index contributed by atoms with van der Waals surface area (Å²) in [5.74, 6) is 2.59. The topological polar surface area (TPSA) is 23.6 Å². The fraction of sp³-hybridized carbons (Fsp3) is 0.421. The fourth-order valence-electron chi connectivity index (χ4n) is 2.94. The number of aryl methyl sites for hydroxylation is 1. The van der Waals surface area contributed by atoms with Gasteiger partial charge in [-0.15, -0.1) is 6.42 Å². The van der Waals surface area contributed by atoms with Crippen LogP contribution in [0.1, 0.15) is 24.0 Å². The van der Waals surface area contributed by atoms with Crippen LogP contribution in [0.2, 0.25) is 0 Å². The lowest BCUT2D eigenvalue weighted by Crippen LogP contribution is -2.54. The summed E-state index contributed by atoms with van der Waals surface area (Å²) < 4.78 is 13.7. The highest BCUT2D eigenvalue weighted by Crippen LogP contribution is 2.21. The van der Waals surface area contributed by atoms with Crippen LogP contribution in [-0.2, 0) is 4.79 Å². The number of nitrogens with zero attached hydrogens (tertiary/aromatic N) is 2. The first-order chi connectivity index (χ1) is 11.0. The van der Waals surface area contributed by atoms with Crippen molar-refractivity contribution in [1.82, 2.24) is 9.80 Å². The van der Waals surface area contributed by atoms with Crippen molar-refractivity contribution in [2.75, 3.05) is 26.2 Å². The van der Waals surface area contributed by atoms with Crippen molar-refractivity contribution in [3.63, 3.8) is 0 Å². The third-order valence-corrected chi connectivity index (χ3v) is 4.41. The Bertz CT molecular complexity index is 635. The molecule has 23 heavy (non-hydrogen) atoms. The van der Waals surface area contributed by atoms with Gasteiger partial charge in [0.05, 0.1) is 0 Å². The Morgan fingerprint density at radius 2 is 2.30 bits per heavy atom. The molecule has 122 valence electrons. The smallest absolute Gasteiger partial charge is 0.247 e. The highest BCUT2D eigenvalue weighted by molar-refractivity contribution is 5.87. The first-order valence-corrected chi connectivity index (χ1v) is 7.83. The van der Waals surface area contributed by atoms with Crippen LogP contribution in [0, 0.1) is 25.1 Å². The number of carbonyl (C=O) groups excluding carboxylic acids is 1. The molecule has 1 heterocycles. The Labute approximate surface area is 137 Å². The van der Waals surface area contributed by atoms with Crippen LogP contribution < -0.4 is 0 Å². The predicted octanol–water partition coefficient (Wildman–Crippen LogP) is 2.57. The molecule has 0 saturated carbocycles. The molecule has 0 N–H and O–H groups in total. The average Bonchev–Trinajstić information content (AvgIpc) is 2.56. The van der Waals surface area contributed by atoms with Crippen LogP contribution in [0.4, 0.5) is 4.39 Å². The van der Waals surface area contributed by atoms with Crippen LogP contribution in [0.3, 0.4) is 0 Å². The number of terminal acetylenes is 1. The highest BCUT2D eigenvalue weighted by Gasteiger charge is 2.28. The molecule has 0 spiro atoms. The van der Waals surface area contributed by atoms with Crippen molar-refractivity contribution in [2.24, 2.45) is 0 Å². The van der Waals surface area contributed by atoms with E-state index in [1.165, 1.54) is 6.08 Å². The van der Waals surface area contributed by atoms with Crippen LogP contribution >= 0.6 is 0 Å². The number of amides is 1. The van der Waals surface area contributed by atoms with E-state index in [9.17, 15) is 9.18 Å². The number of hydrogen-bond donors (Lipinski definition) is 0. The minimum atomic E-state index is -0.240. The third kappa shape index (κ3) is 4.00. The summed E-state index contributed by atoms with van der Waals surface area (Å²) in [7, 11) is 0. The van der Waals surface area contributed by atoms with E-state index >= 15 is 0 Å². The molecule has 1 fully saturated rings. The van der Waals surface area contributed by atoms with Gasteiger partial charge in [0.1, 0.15) is 11.9 Å². The minimum absolute atomic E-state index is 0.124. The zero-order valence-corrected chi connectivity index (χ0v) is 13.8. The number of halogens is 1. The van der Waals surface area contributed by atoms with Gasteiger partial charge in [-0.05, 0) is 36.1 Å². The largest absolute Gasteiger partial charge is 0.323 e. The van der Waals surface area contributed by atoms with Gasteiger partial charge < -0.3 is 4.90 Å². The summed E-state index contributed by atoms with van der Waals surface area (Å²) in [5, 5.41) is 0. The Hall–Kier alpha value is -2.12. The second-order valence-corrected chi connectivity index (χ2v) is 6.09. The number of rotatable bonds is 4. The van der Waals surface area contributed by atoms with Crippen molar-refractivity contribution < 1.29 is 9.18 Å². The van der Waals surface area contributed by atoms with Crippen LogP contribution in [0.15, 0.2) is 30.9 Å². The third-order valence-electron chi connectivity index (χ3n) is 4.41. The maximum absolute atomic E-state index is 13.7. The molecule has 0 unspecified atom stereocenters. The van der Waals surface area contributed by atoms with Gasteiger partial charge in [0, 0.05) is 26.2 Å². The van der Waals surface area contributed by atoms with Crippen LogP contribution in [-0.4, -0.2) is 47.9 Å². The van der Waals surface area contributed by atoms with Gasteiger partial charge in [0.2, 0.25) is 5.91 Å². The lowest BCUT2D eigenvalue weighted by atomic mass is 9.98. The summed E-state index contributed by atoms with van der Waals surface area (Å²) in [6.45, 7) is 10.1. The Morgan fingerprint density at radius 3 is 2.91 bits per heavy atom. The molecule has 2 atom stereocenters.